The topological polar surface area (TPSA) is 189 Å². The van der Waals surface area contributed by atoms with Crippen molar-refractivity contribution >= 4 is 5.91 Å². The third-order valence-corrected chi connectivity index (χ3v) is 19.2. The van der Waals surface area contributed by atoms with E-state index in [9.17, 15) is 40.5 Å². The number of nitrogens with one attached hydrogen (secondary N) is 1. The van der Waals surface area contributed by atoms with Gasteiger partial charge in [0, 0.05) is 0 Å². The number of unbranched alkanes of at least 4 members (excludes halogenated alkanes) is 54. The molecule has 0 spiro atoms. The van der Waals surface area contributed by atoms with Gasteiger partial charge in [0.05, 0.1) is 25.4 Å². The van der Waals surface area contributed by atoms with Crippen LogP contribution < -0.4 is 5.32 Å². The van der Waals surface area contributed by atoms with Crippen LogP contribution in [0.3, 0.4) is 0 Å². The van der Waals surface area contributed by atoms with Crippen molar-refractivity contribution in [2.45, 2.75) is 454 Å². The summed E-state index contributed by atoms with van der Waals surface area (Å²) in [5.74, 6) is -0.698. The van der Waals surface area contributed by atoms with E-state index in [0.29, 0.717) is 12.8 Å². The van der Waals surface area contributed by atoms with Crippen molar-refractivity contribution in [3.05, 3.63) is 24.3 Å². The summed E-state index contributed by atoms with van der Waals surface area (Å²) in [5.41, 5.74) is 0. The highest BCUT2D eigenvalue weighted by molar-refractivity contribution is 5.80. The second-order valence-corrected chi connectivity index (χ2v) is 27.8. The summed E-state index contributed by atoms with van der Waals surface area (Å²) in [6.07, 6.45) is 74.4. The van der Waals surface area contributed by atoms with Crippen LogP contribution in [0.5, 0.6) is 0 Å². The van der Waals surface area contributed by atoms with Crippen LogP contribution in [0.4, 0.5) is 0 Å². The lowest BCUT2D eigenvalue weighted by Crippen LogP contribution is -2.60. The fraction of sp³-hybridized carbons (Fsp3) is 0.936. The Bertz CT molecular complexity index is 1500. The summed E-state index contributed by atoms with van der Waals surface area (Å²) in [5, 5.41) is 76.7. The quantitative estimate of drug-likeness (QED) is 0.0215. The summed E-state index contributed by atoms with van der Waals surface area (Å²) in [7, 11) is 0. The monoisotopic (exact) mass is 1260 g/mol. The first-order valence-corrected chi connectivity index (χ1v) is 39.2. The van der Waals surface area contributed by atoms with Gasteiger partial charge in [0.1, 0.15) is 36.6 Å². The molecule has 11 heteroatoms. The number of hydrogen-bond acceptors (Lipinski definition) is 10. The SMILES string of the molecule is CCCCCCCCCCCCCCCC/C=C\CCCCCCCCCCCCCCCCCCC(O)C(=O)NC(COC1OC(CO)C(O)C(O)C1O)C(O)C(O)CCC/C=C/CCCCCCCCCCCCCCCCCCCCCCCCC. The third-order valence-electron chi connectivity index (χ3n) is 19.2. The number of carbonyl (C=O) groups is 1. The van der Waals surface area contributed by atoms with Crippen molar-refractivity contribution in [1.82, 2.24) is 5.32 Å². The number of allylic oxidation sites excluding steroid dienone is 4. The highest BCUT2D eigenvalue weighted by Gasteiger charge is 2.44. The molecule has 1 rings (SSSR count). The van der Waals surface area contributed by atoms with Gasteiger partial charge in [-0.05, 0) is 64.2 Å². The molecule has 89 heavy (non-hydrogen) atoms. The van der Waals surface area contributed by atoms with Gasteiger partial charge >= 0.3 is 0 Å². The van der Waals surface area contributed by atoms with Crippen molar-refractivity contribution < 1.29 is 50.0 Å². The van der Waals surface area contributed by atoms with Gasteiger partial charge in [0.25, 0.3) is 0 Å². The van der Waals surface area contributed by atoms with Crippen molar-refractivity contribution in [2.75, 3.05) is 13.2 Å². The van der Waals surface area contributed by atoms with Crippen LogP contribution in [0.25, 0.3) is 0 Å². The van der Waals surface area contributed by atoms with Crippen LogP contribution in [-0.2, 0) is 14.3 Å². The Hall–Kier alpha value is -1.41. The molecule has 0 aliphatic carbocycles. The number of rotatable bonds is 70. The van der Waals surface area contributed by atoms with Crippen molar-refractivity contribution in [3.63, 3.8) is 0 Å². The number of aliphatic hydroxyl groups excluding tert-OH is 7. The summed E-state index contributed by atoms with van der Waals surface area (Å²) in [6.45, 7) is 3.52. The van der Waals surface area contributed by atoms with Crippen LogP contribution in [0.15, 0.2) is 24.3 Å². The van der Waals surface area contributed by atoms with Gasteiger partial charge in [-0.3, -0.25) is 4.79 Å². The van der Waals surface area contributed by atoms with Gasteiger partial charge in [0.2, 0.25) is 5.91 Å². The average molecular weight is 1260 g/mol. The molecular weight excluding hydrogens is 1110 g/mol. The molecule has 1 fully saturated rings. The summed E-state index contributed by atoms with van der Waals surface area (Å²) < 4.78 is 11.2. The van der Waals surface area contributed by atoms with Crippen LogP contribution >= 0.6 is 0 Å². The lowest BCUT2D eigenvalue weighted by Gasteiger charge is -2.40. The zero-order chi connectivity index (χ0) is 64.6. The zero-order valence-corrected chi connectivity index (χ0v) is 58.7. The van der Waals surface area contributed by atoms with E-state index in [-0.39, 0.29) is 12.8 Å². The Morgan fingerprint density at radius 3 is 0.966 bits per heavy atom. The molecule has 9 atom stereocenters. The Kier molecular flexibility index (Phi) is 64.1. The highest BCUT2D eigenvalue weighted by atomic mass is 16.7. The van der Waals surface area contributed by atoms with Crippen LogP contribution in [0, 0.1) is 0 Å². The van der Waals surface area contributed by atoms with Gasteiger partial charge < -0.3 is 50.5 Å². The highest BCUT2D eigenvalue weighted by Crippen LogP contribution is 2.24. The molecule has 0 aromatic carbocycles. The predicted molar refractivity (Wildman–Crippen MR) is 376 cm³/mol. The Labute approximate surface area is 550 Å². The molecule has 1 heterocycles. The minimum atomic E-state index is -1.67. The number of amides is 1. The van der Waals surface area contributed by atoms with E-state index in [2.05, 4.69) is 43.5 Å². The second kappa shape index (κ2) is 66.6. The van der Waals surface area contributed by atoms with Crippen molar-refractivity contribution in [2.24, 2.45) is 0 Å². The maximum absolute atomic E-state index is 13.3. The maximum Gasteiger partial charge on any atom is 0.249 e. The fourth-order valence-electron chi connectivity index (χ4n) is 13.0. The predicted octanol–water partition coefficient (Wildman–Crippen LogP) is 19.9. The number of aliphatic hydroxyl groups is 7. The minimum absolute atomic E-state index is 0.258. The van der Waals surface area contributed by atoms with Gasteiger partial charge in [-0.15, -0.1) is 0 Å². The Balaban J connectivity index is 2.15. The molecule has 0 bridgehead atoms. The zero-order valence-electron chi connectivity index (χ0n) is 58.7. The van der Waals surface area contributed by atoms with Gasteiger partial charge in [-0.2, -0.15) is 0 Å². The number of hydrogen-bond donors (Lipinski definition) is 8. The van der Waals surface area contributed by atoms with E-state index < -0.39 is 74.2 Å². The van der Waals surface area contributed by atoms with E-state index in [1.165, 1.54) is 321 Å². The minimum Gasteiger partial charge on any atom is -0.394 e. The summed E-state index contributed by atoms with van der Waals surface area (Å²) in [4.78, 5) is 13.3. The Morgan fingerprint density at radius 1 is 0.382 bits per heavy atom. The molecule has 528 valence electrons. The van der Waals surface area contributed by atoms with Crippen LogP contribution in [-0.4, -0.2) is 110 Å². The maximum atomic E-state index is 13.3. The summed E-state index contributed by atoms with van der Waals surface area (Å²) in [6, 6.07) is -1.19. The molecular formula is C78H151NO10. The Morgan fingerprint density at radius 2 is 0.663 bits per heavy atom. The molecule has 9 unspecified atom stereocenters. The van der Waals surface area contributed by atoms with Crippen molar-refractivity contribution in [1.29, 1.82) is 0 Å². The van der Waals surface area contributed by atoms with Gasteiger partial charge in [-0.25, -0.2) is 0 Å². The van der Waals surface area contributed by atoms with Gasteiger partial charge in [0.15, 0.2) is 6.29 Å². The third kappa shape index (κ3) is 53.5. The van der Waals surface area contributed by atoms with Gasteiger partial charge in [-0.1, -0.05) is 359 Å². The van der Waals surface area contributed by atoms with E-state index in [4.69, 9.17) is 9.47 Å². The molecule has 0 saturated carbocycles. The van der Waals surface area contributed by atoms with E-state index in [0.717, 1.165) is 38.5 Å². The lowest BCUT2D eigenvalue weighted by molar-refractivity contribution is -0.303. The second-order valence-electron chi connectivity index (χ2n) is 27.8. The fourth-order valence-corrected chi connectivity index (χ4v) is 13.0. The lowest BCUT2D eigenvalue weighted by atomic mass is 9.98. The van der Waals surface area contributed by atoms with Crippen LogP contribution in [0.2, 0.25) is 0 Å². The molecule has 1 aliphatic rings. The smallest absolute Gasteiger partial charge is 0.249 e. The molecule has 1 amide bonds. The van der Waals surface area contributed by atoms with Crippen LogP contribution in [0.1, 0.15) is 399 Å². The molecule has 1 aliphatic heterocycles. The van der Waals surface area contributed by atoms with Crippen molar-refractivity contribution in [3.8, 4) is 0 Å². The first-order chi connectivity index (χ1) is 43.7. The average Bonchev–Trinajstić information content (AvgIpc) is 1.72. The molecule has 0 aromatic rings. The normalized spacial score (nSPS) is 18.6. The number of carbonyl (C=O) groups excluding carboxylic acids is 1. The largest absolute Gasteiger partial charge is 0.394 e. The van der Waals surface area contributed by atoms with E-state index in [1.807, 2.05) is 0 Å². The summed E-state index contributed by atoms with van der Waals surface area (Å²) >= 11 is 0. The number of ether oxygens (including phenoxy) is 2. The first kappa shape index (κ1) is 85.6. The molecule has 1 saturated heterocycles. The van der Waals surface area contributed by atoms with E-state index >= 15 is 0 Å². The molecule has 11 nitrogen and oxygen atoms in total. The first-order valence-electron chi connectivity index (χ1n) is 39.2. The molecule has 8 N–H and O–H groups in total. The standard InChI is InChI=1S/C78H151NO10/c1-3-5-7-9-11-13-15-17-19-21-23-25-27-29-31-33-34-35-36-37-38-40-42-44-46-48-50-52-54-56-58-60-62-64-66-71(82)77(87)79-69(68-88-78-76(86)75(85)74(84)72(67-80)89-78)73(83)70(81)65-63-61-59-57-55-53-51-49-47-45-43-41-39-32-30-28-26-24-22-20-18-16-14-12-10-8-6-4-2/h33-34,57,59,69-76,78,80-86H,3-32,35-56,58,60-68H2,1-2H3,(H,79,87)/b34-33-,59-57+. The molecule has 0 aromatic heterocycles. The van der Waals surface area contributed by atoms with E-state index in [1.54, 1.807) is 0 Å². The molecule has 0 radical (unpaired) electrons.